The molecule has 3 atom stereocenters. The number of hydrogen-bond acceptors (Lipinski definition) is 5. The summed E-state index contributed by atoms with van der Waals surface area (Å²) in [5.41, 5.74) is 7.72. The molecule has 0 radical (unpaired) electrons. The zero-order valence-corrected chi connectivity index (χ0v) is 18.3. The lowest BCUT2D eigenvalue weighted by atomic mass is 10.0. The van der Waals surface area contributed by atoms with E-state index in [4.69, 9.17) is 5.73 Å². The Bertz CT molecular complexity index is 883. The fraction of sp³-hybridized carbons (Fsp3) is 0.476. The van der Waals surface area contributed by atoms with Gasteiger partial charge in [-0.05, 0) is 36.0 Å². The van der Waals surface area contributed by atoms with Crippen LogP contribution in [0.1, 0.15) is 25.8 Å². The van der Waals surface area contributed by atoms with Crippen molar-refractivity contribution >= 4 is 40.4 Å². The van der Waals surface area contributed by atoms with E-state index in [1.165, 1.54) is 0 Å². The van der Waals surface area contributed by atoms with Gasteiger partial charge in [0.25, 0.3) is 0 Å². The van der Waals surface area contributed by atoms with E-state index < -0.39 is 35.9 Å². The number of H-pyrrole nitrogens is 1. The minimum atomic E-state index is -1.12. The third-order valence-corrected chi connectivity index (χ3v) is 5.58. The SMILES string of the molecule is CSCC[C@H](N)C(=O)N[C@@H](Cc1c[nH]c2ccccc12)C(=O)N[C@H](C(=O)O)C(C)C. The molecule has 0 unspecified atom stereocenters. The van der Waals surface area contributed by atoms with Crippen LogP contribution >= 0.6 is 11.8 Å². The van der Waals surface area contributed by atoms with Crippen molar-refractivity contribution in [1.82, 2.24) is 15.6 Å². The first kappa shape index (κ1) is 23.8. The van der Waals surface area contributed by atoms with Crippen LogP contribution in [0.4, 0.5) is 0 Å². The lowest BCUT2D eigenvalue weighted by Crippen LogP contribution is -2.56. The second-order valence-corrected chi connectivity index (χ2v) is 8.57. The van der Waals surface area contributed by atoms with Crippen LogP contribution in [0, 0.1) is 5.92 Å². The van der Waals surface area contributed by atoms with Gasteiger partial charge in [-0.25, -0.2) is 4.79 Å². The second kappa shape index (κ2) is 11.0. The summed E-state index contributed by atoms with van der Waals surface area (Å²) < 4.78 is 0. The molecule has 0 saturated carbocycles. The van der Waals surface area contributed by atoms with E-state index in [9.17, 15) is 19.5 Å². The van der Waals surface area contributed by atoms with Gasteiger partial charge in [-0.15, -0.1) is 0 Å². The molecule has 2 rings (SSSR count). The van der Waals surface area contributed by atoms with Gasteiger partial charge in [0.15, 0.2) is 0 Å². The Kier molecular flexibility index (Phi) is 8.73. The van der Waals surface area contributed by atoms with Crippen LogP contribution in [0.15, 0.2) is 30.5 Å². The molecule has 2 aromatic rings. The van der Waals surface area contributed by atoms with E-state index in [2.05, 4.69) is 15.6 Å². The minimum Gasteiger partial charge on any atom is -0.480 e. The average molecular weight is 435 g/mol. The Hall–Kier alpha value is -2.52. The number of thioether (sulfide) groups is 1. The van der Waals surface area contributed by atoms with Gasteiger partial charge < -0.3 is 26.5 Å². The molecule has 8 nitrogen and oxygen atoms in total. The van der Waals surface area contributed by atoms with Crippen molar-refractivity contribution in [2.75, 3.05) is 12.0 Å². The lowest BCUT2D eigenvalue weighted by molar-refractivity contribution is -0.143. The number of nitrogens with one attached hydrogen (secondary N) is 3. The first-order valence-electron chi connectivity index (χ1n) is 9.87. The molecule has 0 saturated heterocycles. The molecule has 2 amide bonds. The fourth-order valence-corrected chi connectivity index (χ4v) is 3.64. The van der Waals surface area contributed by atoms with Gasteiger partial charge in [0, 0.05) is 23.5 Å². The Morgan fingerprint density at radius 2 is 1.87 bits per heavy atom. The second-order valence-electron chi connectivity index (χ2n) is 7.58. The number of rotatable bonds is 11. The maximum absolute atomic E-state index is 13.0. The molecular formula is C21H30N4O4S. The van der Waals surface area contributed by atoms with E-state index >= 15 is 0 Å². The summed E-state index contributed by atoms with van der Waals surface area (Å²) in [4.78, 5) is 40.2. The summed E-state index contributed by atoms with van der Waals surface area (Å²) in [6.45, 7) is 3.43. The van der Waals surface area contributed by atoms with Crippen molar-refractivity contribution in [2.45, 2.75) is 44.8 Å². The number of carboxylic acids is 1. The number of carbonyl (C=O) groups excluding carboxylic acids is 2. The molecule has 164 valence electrons. The third kappa shape index (κ3) is 6.24. The number of nitrogens with two attached hydrogens (primary N) is 1. The zero-order valence-electron chi connectivity index (χ0n) is 17.5. The third-order valence-electron chi connectivity index (χ3n) is 4.93. The number of fused-ring (bicyclic) bond motifs is 1. The predicted octanol–water partition coefficient (Wildman–Crippen LogP) is 1.50. The van der Waals surface area contributed by atoms with Crippen LogP contribution in [0.5, 0.6) is 0 Å². The van der Waals surface area contributed by atoms with Crippen LogP contribution in [0.25, 0.3) is 10.9 Å². The van der Waals surface area contributed by atoms with Crippen LogP contribution < -0.4 is 16.4 Å². The number of aromatic amines is 1. The highest BCUT2D eigenvalue weighted by Crippen LogP contribution is 2.19. The van der Waals surface area contributed by atoms with Crippen molar-refractivity contribution in [3.63, 3.8) is 0 Å². The molecule has 1 aromatic heterocycles. The number of carbonyl (C=O) groups is 3. The standard InChI is InChI=1S/C21H30N4O4S/c1-12(2)18(21(28)29)25-20(27)17(24-19(26)15(22)8-9-30-3)10-13-11-23-16-7-5-4-6-14(13)16/h4-7,11-12,15,17-18,23H,8-10,22H2,1-3H3,(H,24,26)(H,25,27)(H,28,29)/t15-,17-,18-/m0/s1. The van der Waals surface area contributed by atoms with Gasteiger partial charge in [-0.3, -0.25) is 9.59 Å². The minimum absolute atomic E-state index is 0.210. The maximum Gasteiger partial charge on any atom is 0.326 e. The highest BCUT2D eigenvalue weighted by molar-refractivity contribution is 7.98. The van der Waals surface area contributed by atoms with Gasteiger partial charge in [0.05, 0.1) is 6.04 Å². The van der Waals surface area contributed by atoms with Gasteiger partial charge in [-0.1, -0.05) is 32.0 Å². The molecule has 0 spiro atoms. The van der Waals surface area contributed by atoms with E-state index in [-0.39, 0.29) is 12.3 Å². The summed E-state index contributed by atoms with van der Waals surface area (Å²) in [6, 6.07) is 4.91. The Balaban J connectivity index is 2.23. The summed E-state index contributed by atoms with van der Waals surface area (Å²) in [5, 5.41) is 15.6. The van der Waals surface area contributed by atoms with Gasteiger partial charge in [0.1, 0.15) is 12.1 Å². The Morgan fingerprint density at radius 3 is 2.50 bits per heavy atom. The molecule has 0 aliphatic carbocycles. The van der Waals surface area contributed by atoms with Crippen molar-refractivity contribution < 1.29 is 19.5 Å². The van der Waals surface area contributed by atoms with Crippen LogP contribution in [-0.4, -0.2) is 58.0 Å². The maximum atomic E-state index is 13.0. The molecule has 0 aliphatic heterocycles. The van der Waals surface area contributed by atoms with Gasteiger partial charge >= 0.3 is 5.97 Å². The largest absolute Gasteiger partial charge is 0.480 e. The summed E-state index contributed by atoms with van der Waals surface area (Å²) in [5.74, 6) is -1.68. The van der Waals surface area contributed by atoms with Gasteiger partial charge in [-0.2, -0.15) is 11.8 Å². The molecule has 6 N–H and O–H groups in total. The topological polar surface area (TPSA) is 137 Å². The smallest absolute Gasteiger partial charge is 0.326 e. The normalized spacial score (nSPS) is 14.3. The number of aromatic nitrogens is 1. The van der Waals surface area contributed by atoms with Crippen molar-refractivity contribution in [3.05, 3.63) is 36.0 Å². The van der Waals surface area contributed by atoms with Crippen molar-refractivity contribution in [1.29, 1.82) is 0 Å². The number of hydrogen-bond donors (Lipinski definition) is 5. The van der Waals surface area contributed by atoms with E-state index in [1.54, 1.807) is 31.8 Å². The number of benzene rings is 1. The summed E-state index contributed by atoms with van der Waals surface area (Å²) >= 11 is 1.58. The summed E-state index contributed by atoms with van der Waals surface area (Å²) in [7, 11) is 0. The highest BCUT2D eigenvalue weighted by atomic mass is 32.2. The van der Waals surface area contributed by atoms with Crippen molar-refractivity contribution in [3.8, 4) is 0 Å². The van der Waals surface area contributed by atoms with Crippen LogP contribution in [0.2, 0.25) is 0 Å². The predicted molar refractivity (Wildman–Crippen MR) is 119 cm³/mol. The molecule has 1 heterocycles. The monoisotopic (exact) mass is 434 g/mol. The van der Waals surface area contributed by atoms with Crippen LogP contribution in [-0.2, 0) is 20.8 Å². The molecule has 0 bridgehead atoms. The van der Waals surface area contributed by atoms with E-state index in [1.807, 2.05) is 30.5 Å². The fourth-order valence-electron chi connectivity index (χ4n) is 3.15. The number of amides is 2. The number of carboxylic acid groups (broad SMARTS) is 1. The van der Waals surface area contributed by atoms with E-state index in [0.717, 1.165) is 22.2 Å². The molecule has 0 fully saturated rings. The molecule has 1 aromatic carbocycles. The Labute approximate surface area is 180 Å². The molecule has 30 heavy (non-hydrogen) atoms. The van der Waals surface area contributed by atoms with Crippen molar-refractivity contribution in [2.24, 2.45) is 11.7 Å². The molecule has 0 aliphatic rings. The molecular weight excluding hydrogens is 404 g/mol. The highest BCUT2D eigenvalue weighted by Gasteiger charge is 2.30. The van der Waals surface area contributed by atoms with E-state index in [0.29, 0.717) is 6.42 Å². The zero-order chi connectivity index (χ0) is 22.3. The number of aliphatic carboxylic acids is 1. The van der Waals surface area contributed by atoms with Crippen LogP contribution in [0.3, 0.4) is 0 Å². The quantitative estimate of drug-likeness (QED) is 0.363. The van der Waals surface area contributed by atoms with Gasteiger partial charge in [0.2, 0.25) is 11.8 Å². The number of para-hydroxylation sites is 1. The summed E-state index contributed by atoms with van der Waals surface area (Å²) in [6.07, 6.45) is 4.41. The first-order chi connectivity index (χ1) is 14.2. The first-order valence-corrected chi connectivity index (χ1v) is 11.3. The average Bonchev–Trinajstić information content (AvgIpc) is 3.11. The Morgan fingerprint density at radius 1 is 1.17 bits per heavy atom. The molecule has 9 heteroatoms. The lowest BCUT2D eigenvalue weighted by Gasteiger charge is -2.24.